The van der Waals surface area contributed by atoms with Gasteiger partial charge in [0.05, 0.1) is 29.7 Å². The molecule has 6 aliphatic carbocycles. The molecular formula is C41H45N3O15. The summed E-state index contributed by atoms with van der Waals surface area (Å²) in [6.07, 6.45) is -0.627. The van der Waals surface area contributed by atoms with E-state index in [2.05, 4.69) is 31.1 Å². The summed E-state index contributed by atoms with van der Waals surface area (Å²) < 4.78 is 31.9. The van der Waals surface area contributed by atoms with Gasteiger partial charge in [-0.1, -0.05) is 19.7 Å². The Bertz CT molecular complexity index is 2050. The molecule has 17 unspecified atom stereocenters. The fraction of sp³-hybridized carbons (Fsp3) is 0.610. The molecule has 0 aromatic heterocycles. The first-order valence-electron chi connectivity index (χ1n) is 19.5. The van der Waals surface area contributed by atoms with Crippen molar-refractivity contribution in [3.8, 4) is 6.07 Å². The maximum Gasteiger partial charge on any atom is 0.333 e. The highest BCUT2D eigenvalue weighted by Crippen LogP contribution is 2.63. The van der Waals surface area contributed by atoms with Crippen LogP contribution in [0.3, 0.4) is 0 Å². The minimum absolute atomic E-state index is 0.0504. The van der Waals surface area contributed by atoms with Gasteiger partial charge in [0.15, 0.2) is 5.41 Å². The zero-order chi connectivity index (χ0) is 43.2. The van der Waals surface area contributed by atoms with Gasteiger partial charge in [-0.25, -0.2) is 14.4 Å². The predicted molar refractivity (Wildman–Crippen MR) is 193 cm³/mol. The number of carbonyl (C=O) groups is 9. The lowest BCUT2D eigenvalue weighted by Gasteiger charge is -2.30. The molecule has 6 bridgehead atoms. The second kappa shape index (κ2) is 14.8. The van der Waals surface area contributed by atoms with E-state index in [-0.39, 0.29) is 46.7 Å². The third-order valence-electron chi connectivity index (χ3n) is 13.6. The summed E-state index contributed by atoms with van der Waals surface area (Å²) in [5.41, 5.74) is 5.24. The number of ether oxygens (including phenoxy) is 6. The Morgan fingerprint density at radius 2 is 1.15 bits per heavy atom. The van der Waals surface area contributed by atoms with Crippen molar-refractivity contribution in [2.24, 2.45) is 70.3 Å². The van der Waals surface area contributed by atoms with Crippen LogP contribution in [-0.4, -0.2) is 90.2 Å². The van der Waals surface area contributed by atoms with Gasteiger partial charge in [0.1, 0.15) is 36.6 Å². The monoisotopic (exact) mass is 819 g/mol. The van der Waals surface area contributed by atoms with Crippen molar-refractivity contribution in [2.75, 3.05) is 0 Å². The number of esters is 6. The molecule has 3 aliphatic heterocycles. The lowest BCUT2D eigenvalue weighted by molar-refractivity contribution is -0.159. The normalized spacial score (nSPS) is 40.8. The molecule has 9 aliphatic rings. The van der Waals surface area contributed by atoms with Crippen LogP contribution in [-0.2, 0) is 71.6 Å². The van der Waals surface area contributed by atoms with E-state index in [0.29, 0.717) is 24.8 Å². The van der Waals surface area contributed by atoms with Crippen LogP contribution < -0.4 is 11.1 Å². The molecule has 18 nitrogen and oxygen atoms in total. The van der Waals surface area contributed by atoms with E-state index in [1.165, 1.54) is 13.8 Å². The lowest BCUT2D eigenvalue weighted by Crippen LogP contribution is -2.47. The Morgan fingerprint density at radius 3 is 1.59 bits per heavy atom. The number of hydrogen-bond acceptors (Lipinski definition) is 16. The molecule has 9 rings (SSSR count). The first-order chi connectivity index (χ1) is 27.7. The molecule has 3 saturated heterocycles. The van der Waals surface area contributed by atoms with E-state index in [9.17, 15) is 48.4 Å². The van der Waals surface area contributed by atoms with Gasteiger partial charge >= 0.3 is 35.8 Å². The SMILES string of the molecule is C=C(C)C(=O)OC1C2CC3C1OC(=O)C3(C#N)C2.C=C(C)C(=O)OC1C2CC3C1OC(=O)C3C2C(=O)NC(C)=O.C=C(C)C(=O)OC1C2CC3C1OC(=O)C3C2C(N)=O. The molecule has 6 saturated carbocycles. The van der Waals surface area contributed by atoms with Crippen molar-refractivity contribution in [1.29, 1.82) is 5.26 Å². The fourth-order valence-electron chi connectivity index (χ4n) is 11.3. The summed E-state index contributed by atoms with van der Waals surface area (Å²) in [7, 11) is 0. The average molecular weight is 820 g/mol. The van der Waals surface area contributed by atoms with Gasteiger partial charge in [0.25, 0.3) is 0 Å². The van der Waals surface area contributed by atoms with Crippen LogP contribution in [0.1, 0.15) is 53.4 Å². The fourth-order valence-corrected chi connectivity index (χ4v) is 11.3. The van der Waals surface area contributed by atoms with Crippen molar-refractivity contribution in [3.63, 3.8) is 0 Å². The molecule has 3 heterocycles. The van der Waals surface area contributed by atoms with Crippen molar-refractivity contribution < 1.29 is 71.6 Å². The van der Waals surface area contributed by atoms with Crippen molar-refractivity contribution in [3.05, 3.63) is 36.5 Å². The Hall–Kier alpha value is -5.86. The largest absolute Gasteiger partial charge is 0.458 e. The van der Waals surface area contributed by atoms with E-state index in [0.717, 1.165) is 6.42 Å². The molecule has 0 aromatic rings. The minimum Gasteiger partial charge on any atom is -0.458 e. The first kappa shape index (κ1) is 41.3. The number of rotatable bonds is 8. The maximum absolute atomic E-state index is 12.2. The Balaban J connectivity index is 0.000000135. The molecule has 0 spiro atoms. The summed E-state index contributed by atoms with van der Waals surface area (Å²) >= 11 is 0. The molecule has 3 N–H and O–H groups in total. The van der Waals surface area contributed by atoms with Gasteiger partial charge in [-0.3, -0.25) is 34.1 Å². The summed E-state index contributed by atoms with van der Waals surface area (Å²) in [6, 6.07) is 2.11. The zero-order valence-corrected chi connectivity index (χ0v) is 32.8. The highest BCUT2D eigenvalue weighted by atomic mass is 16.6. The van der Waals surface area contributed by atoms with Crippen molar-refractivity contribution in [1.82, 2.24) is 5.32 Å². The van der Waals surface area contributed by atoms with Crippen molar-refractivity contribution in [2.45, 2.75) is 90.0 Å². The predicted octanol–water partition coefficient (Wildman–Crippen LogP) is 0.661. The molecular weight excluding hydrogens is 774 g/mol. The molecule has 18 heteroatoms. The number of hydrogen-bond donors (Lipinski definition) is 2. The van der Waals surface area contributed by atoms with Gasteiger partial charge in [-0.15, -0.1) is 0 Å². The van der Waals surface area contributed by atoms with Crippen LogP contribution in [0, 0.1) is 75.9 Å². The van der Waals surface area contributed by atoms with Gasteiger partial charge in [0, 0.05) is 59.2 Å². The van der Waals surface area contributed by atoms with Gasteiger partial charge in [-0.2, -0.15) is 5.26 Å². The van der Waals surface area contributed by atoms with Crippen molar-refractivity contribution >= 4 is 53.5 Å². The van der Waals surface area contributed by atoms with E-state index in [1.807, 2.05) is 0 Å². The second-order valence-electron chi connectivity index (χ2n) is 17.2. The van der Waals surface area contributed by atoms with E-state index in [1.54, 1.807) is 13.8 Å². The second-order valence-corrected chi connectivity index (χ2v) is 17.2. The minimum atomic E-state index is -0.985. The lowest BCUT2D eigenvalue weighted by atomic mass is 9.74. The van der Waals surface area contributed by atoms with E-state index >= 15 is 0 Å². The Labute approximate surface area is 338 Å². The number of nitrogens with one attached hydrogen (secondary N) is 1. The van der Waals surface area contributed by atoms with Crippen LogP contribution in [0.5, 0.6) is 0 Å². The summed E-state index contributed by atoms with van der Waals surface area (Å²) in [4.78, 5) is 105. The van der Waals surface area contributed by atoms with Crippen LogP contribution in [0.4, 0.5) is 0 Å². The van der Waals surface area contributed by atoms with Gasteiger partial charge in [0.2, 0.25) is 17.7 Å². The number of fused-ring (bicyclic) bond motifs is 3. The van der Waals surface area contributed by atoms with Crippen LogP contribution >= 0.6 is 0 Å². The number of amides is 3. The third-order valence-corrected chi connectivity index (χ3v) is 13.6. The number of imide groups is 1. The molecule has 9 fully saturated rings. The van der Waals surface area contributed by atoms with Gasteiger partial charge in [-0.05, 0) is 46.5 Å². The number of nitriles is 1. The van der Waals surface area contributed by atoms with Gasteiger partial charge < -0.3 is 34.2 Å². The number of nitrogens with two attached hydrogens (primary N) is 1. The molecule has 0 radical (unpaired) electrons. The first-order valence-corrected chi connectivity index (χ1v) is 19.5. The zero-order valence-electron chi connectivity index (χ0n) is 32.8. The summed E-state index contributed by atoms with van der Waals surface area (Å²) in [5, 5.41) is 11.4. The Kier molecular flexibility index (Phi) is 10.3. The highest BCUT2D eigenvalue weighted by Gasteiger charge is 2.73. The van der Waals surface area contributed by atoms with Crippen LogP contribution in [0.2, 0.25) is 0 Å². The third kappa shape index (κ3) is 6.49. The highest BCUT2D eigenvalue weighted by molar-refractivity contribution is 5.98. The molecule has 17 atom stereocenters. The van der Waals surface area contributed by atoms with Crippen LogP contribution in [0.15, 0.2) is 36.5 Å². The molecule has 0 aromatic carbocycles. The quantitative estimate of drug-likeness (QED) is 0.193. The smallest absolute Gasteiger partial charge is 0.333 e. The standard InChI is InChI=1S/C15H17NO6.C13H15NO5.C13H13NO4/c1-5(2)14(19)21-11-7-4-8-10(15(20)22-12(8)11)9(7)13(18)16-6(3)17;1-4(2)12(16)18-9-5-3-6-8(7(5)11(14)15)13(17)19-10(6)9;1-6(2)11(15)17-9-7-3-8-10(9)18-12(16)13(8,4-7)5-14/h7-12H,1,4H2,2-3H3,(H,16,17,18);5-10H,1,3H2,2H3,(H2,14,15);7-10H,1,3-4H2,2H3. The molecule has 59 heavy (non-hydrogen) atoms. The average Bonchev–Trinajstić information content (AvgIpc) is 4.03. The van der Waals surface area contributed by atoms with E-state index < -0.39 is 119 Å². The molecule has 3 amide bonds. The topological polar surface area (TPSA) is 271 Å². The summed E-state index contributed by atoms with van der Waals surface area (Å²) in [5.74, 6) is -7.41. The maximum atomic E-state index is 12.2. The Morgan fingerprint density at radius 1 is 0.695 bits per heavy atom. The number of nitrogens with zero attached hydrogens (tertiary/aromatic N) is 1. The number of primary amides is 1. The van der Waals surface area contributed by atoms with E-state index in [4.69, 9.17) is 34.2 Å². The summed E-state index contributed by atoms with van der Waals surface area (Å²) in [6.45, 7) is 16.5. The molecule has 314 valence electrons. The number of carbonyl (C=O) groups excluding carboxylic acids is 9. The van der Waals surface area contributed by atoms with Crippen LogP contribution in [0.25, 0.3) is 0 Å².